The monoisotopic (exact) mass is 439 g/mol. The maximum absolute atomic E-state index is 12.6. The number of carbonyl (C=O) groups is 1. The number of aryl methyl sites for hydroxylation is 1. The Balaban J connectivity index is 1.87. The zero-order valence-corrected chi connectivity index (χ0v) is 18.7. The van der Waals surface area contributed by atoms with Gasteiger partial charge in [0.25, 0.3) is 5.91 Å². The van der Waals surface area contributed by atoms with E-state index in [2.05, 4.69) is 30.9 Å². The average molecular weight is 440 g/mol. The van der Waals surface area contributed by atoms with Crippen LogP contribution in [0.15, 0.2) is 18.3 Å². The Morgan fingerprint density at radius 1 is 1.28 bits per heavy atom. The number of ether oxygens (including phenoxy) is 1. The summed E-state index contributed by atoms with van der Waals surface area (Å²) < 4.78 is 7.26. The minimum atomic E-state index is -0.297. The molecule has 1 amide bonds. The summed E-state index contributed by atoms with van der Waals surface area (Å²) in [6, 6.07) is 3.88. The molecular weight excluding hydrogens is 410 g/mol. The van der Waals surface area contributed by atoms with Crippen molar-refractivity contribution >= 4 is 34.5 Å². The van der Waals surface area contributed by atoms with E-state index in [0.717, 1.165) is 31.7 Å². The standard InChI is InChI=1S/C21H29N9O2/c1-4-32-12-11-30-18-16(17(28-30)20(31)22-3)26-21(29-9-7-23-8-10-29)27-19(18)25-15-13-14(2)5-6-24-15/h5-6,13,23H,4,7-12H2,1-3H3,(H,22,31)(H,24,25,26,27). The van der Waals surface area contributed by atoms with Crippen molar-refractivity contribution in [3.8, 4) is 0 Å². The molecule has 1 fully saturated rings. The van der Waals surface area contributed by atoms with Crippen LogP contribution in [0.4, 0.5) is 17.6 Å². The highest BCUT2D eigenvalue weighted by Gasteiger charge is 2.25. The molecule has 170 valence electrons. The van der Waals surface area contributed by atoms with E-state index in [-0.39, 0.29) is 11.6 Å². The topological polar surface area (TPSA) is 122 Å². The van der Waals surface area contributed by atoms with E-state index >= 15 is 0 Å². The van der Waals surface area contributed by atoms with Gasteiger partial charge in [-0.15, -0.1) is 0 Å². The third-order valence-electron chi connectivity index (χ3n) is 5.23. The molecule has 3 aromatic rings. The first-order chi connectivity index (χ1) is 15.6. The lowest BCUT2D eigenvalue weighted by atomic mass is 10.3. The summed E-state index contributed by atoms with van der Waals surface area (Å²) in [4.78, 5) is 28.8. The van der Waals surface area contributed by atoms with Crippen LogP contribution in [0.3, 0.4) is 0 Å². The van der Waals surface area contributed by atoms with Gasteiger partial charge in [0.15, 0.2) is 11.5 Å². The van der Waals surface area contributed by atoms with Crippen molar-refractivity contribution in [1.82, 2.24) is 35.4 Å². The van der Waals surface area contributed by atoms with Gasteiger partial charge in [0.05, 0.1) is 13.2 Å². The summed E-state index contributed by atoms with van der Waals surface area (Å²) in [6.45, 7) is 8.72. The first-order valence-electron chi connectivity index (χ1n) is 10.8. The number of nitrogens with one attached hydrogen (secondary N) is 3. The highest BCUT2D eigenvalue weighted by Crippen LogP contribution is 2.29. The van der Waals surface area contributed by atoms with Crippen molar-refractivity contribution in [2.75, 3.05) is 56.7 Å². The van der Waals surface area contributed by atoms with E-state index in [4.69, 9.17) is 14.7 Å². The van der Waals surface area contributed by atoms with Gasteiger partial charge in [0.1, 0.15) is 16.9 Å². The van der Waals surface area contributed by atoms with E-state index in [1.54, 1.807) is 17.9 Å². The molecule has 0 atom stereocenters. The molecule has 0 aromatic carbocycles. The minimum absolute atomic E-state index is 0.262. The van der Waals surface area contributed by atoms with Gasteiger partial charge >= 0.3 is 0 Å². The first-order valence-corrected chi connectivity index (χ1v) is 10.8. The molecule has 4 heterocycles. The second-order valence-electron chi connectivity index (χ2n) is 7.50. The predicted molar refractivity (Wildman–Crippen MR) is 123 cm³/mol. The molecule has 1 saturated heterocycles. The quantitative estimate of drug-likeness (QED) is 0.443. The maximum Gasteiger partial charge on any atom is 0.273 e. The van der Waals surface area contributed by atoms with Crippen LogP contribution in [0.2, 0.25) is 0 Å². The number of anilines is 3. The fraction of sp³-hybridized carbons (Fsp3) is 0.476. The average Bonchev–Trinajstić information content (AvgIpc) is 3.18. The minimum Gasteiger partial charge on any atom is -0.380 e. The number of nitrogens with zero attached hydrogens (tertiary/aromatic N) is 6. The normalized spacial score (nSPS) is 14.0. The summed E-state index contributed by atoms with van der Waals surface area (Å²) in [7, 11) is 1.58. The number of hydrogen-bond acceptors (Lipinski definition) is 9. The van der Waals surface area contributed by atoms with Crippen LogP contribution in [0.5, 0.6) is 0 Å². The fourth-order valence-corrected chi connectivity index (χ4v) is 3.62. The van der Waals surface area contributed by atoms with Crippen LogP contribution in [0.25, 0.3) is 11.0 Å². The van der Waals surface area contributed by atoms with Gasteiger partial charge in [0.2, 0.25) is 5.95 Å². The SMILES string of the molecule is CCOCCn1nc(C(=O)NC)c2nc(N3CCNCC3)nc(Nc3cc(C)ccn3)c21. The molecule has 4 rings (SSSR count). The van der Waals surface area contributed by atoms with Crippen molar-refractivity contribution in [2.24, 2.45) is 0 Å². The Hall–Kier alpha value is -3.31. The molecule has 32 heavy (non-hydrogen) atoms. The Bertz CT molecular complexity index is 1090. The second kappa shape index (κ2) is 9.88. The fourth-order valence-electron chi connectivity index (χ4n) is 3.62. The van der Waals surface area contributed by atoms with Crippen molar-refractivity contribution in [1.29, 1.82) is 0 Å². The van der Waals surface area contributed by atoms with E-state index in [1.165, 1.54) is 0 Å². The number of aromatic nitrogens is 5. The van der Waals surface area contributed by atoms with Crippen LogP contribution in [0.1, 0.15) is 23.0 Å². The van der Waals surface area contributed by atoms with Gasteiger partial charge in [-0.2, -0.15) is 10.1 Å². The first kappa shape index (κ1) is 21.9. The van der Waals surface area contributed by atoms with Crippen molar-refractivity contribution in [2.45, 2.75) is 20.4 Å². The Morgan fingerprint density at radius 2 is 2.09 bits per heavy atom. The highest BCUT2D eigenvalue weighted by atomic mass is 16.5. The predicted octanol–water partition coefficient (Wildman–Crippen LogP) is 1.08. The summed E-state index contributed by atoms with van der Waals surface area (Å²) in [6.07, 6.45) is 1.75. The van der Waals surface area contributed by atoms with Gasteiger partial charge < -0.3 is 25.6 Å². The smallest absolute Gasteiger partial charge is 0.273 e. The van der Waals surface area contributed by atoms with Crippen LogP contribution >= 0.6 is 0 Å². The molecule has 0 spiro atoms. The van der Waals surface area contributed by atoms with Crippen LogP contribution in [0, 0.1) is 6.92 Å². The molecule has 0 radical (unpaired) electrons. The van der Waals surface area contributed by atoms with Gasteiger partial charge in [-0.25, -0.2) is 9.97 Å². The molecule has 11 nitrogen and oxygen atoms in total. The lowest BCUT2D eigenvalue weighted by molar-refractivity contribution is 0.0957. The molecule has 0 saturated carbocycles. The summed E-state index contributed by atoms with van der Waals surface area (Å²) in [5.41, 5.74) is 2.48. The van der Waals surface area contributed by atoms with Crippen molar-refractivity contribution in [3.63, 3.8) is 0 Å². The molecule has 0 bridgehead atoms. The molecule has 0 unspecified atom stereocenters. The lowest BCUT2D eigenvalue weighted by Crippen LogP contribution is -2.44. The van der Waals surface area contributed by atoms with Gasteiger partial charge in [0, 0.05) is 46.0 Å². The van der Waals surface area contributed by atoms with Crippen LogP contribution < -0.4 is 20.9 Å². The van der Waals surface area contributed by atoms with Gasteiger partial charge in [-0.05, 0) is 31.5 Å². The third kappa shape index (κ3) is 4.63. The summed E-state index contributed by atoms with van der Waals surface area (Å²) in [5, 5.41) is 13.9. The number of pyridine rings is 1. The Labute approximate surface area is 186 Å². The largest absolute Gasteiger partial charge is 0.380 e. The number of rotatable bonds is 8. The zero-order valence-electron chi connectivity index (χ0n) is 18.7. The molecular formula is C21H29N9O2. The third-order valence-corrected chi connectivity index (χ3v) is 5.23. The number of amides is 1. The van der Waals surface area contributed by atoms with Crippen molar-refractivity contribution < 1.29 is 9.53 Å². The van der Waals surface area contributed by atoms with E-state index in [9.17, 15) is 4.79 Å². The number of hydrogen-bond donors (Lipinski definition) is 3. The molecule has 0 aliphatic carbocycles. The molecule has 1 aliphatic heterocycles. The molecule has 11 heteroatoms. The molecule has 3 N–H and O–H groups in total. The van der Waals surface area contributed by atoms with E-state index in [1.807, 2.05) is 26.0 Å². The summed E-state index contributed by atoms with van der Waals surface area (Å²) >= 11 is 0. The molecule has 3 aromatic heterocycles. The summed E-state index contributed by atoms with van der Waals surface area (Å²) in [5.74, 6) is 1.48. The number of piperazine rings is 1. The number of fused-ring (bicyclic) bond motifs is 1. The second-order valence-corrected chi connectivity index (χ2v) is 7.50. The van der Waals surface area contributed by atoms with Crippen molar-refractivity contribution in [3.05, 3.63) is 29.6 Å². The zero-order chi connectivity index (χ0) is 22.5. The maximum atomic E-state index is 12.6. The Morgan fingerprint density at radius 3 is 2.81 bits per heavy atom. The lowest BCUT2D eigenvalue weighted by Gasteiger charge is -2.27. The number of carbonyl (C=O) groups excluding carboxylic acids is 1. The van der Waals surface area contributed by atoms with Crippen LogP contribution in [-0.2, 0) is 11.3 Å². The van der Waals surface area contributed by atoms with Gasteiger partial charge in [-0.3, -0.25) is 9.48 Å². The van der Waals surface area contributed by atoms with E-state index in [0.29, 0.717) is 48.4 Å². The van der Waals surface area contributed by atoms with Gasteiger partial charge in [-0.1, -0.05) is 0 Å². The Kier molecular flexibility index (Phi) is 6.76. The van der Waals surface area contributed by atoms with Crippen LogP contribution in [-0.4, -0.2) is 77.1 Å². The van der Waals surface area contributed by atoms with E-state index < -0.39 is 0 Å². The molecule has 1 aliphatic rings. The highest BCUT2D eigenvalue weighted by molar-refractivity contribution is 6.06.